The minimum atomic E-state index is 0.124. The first kappa shape index (κ1) is 12.8. The van der Waals surface area contributed by atoms with Crippen LogP contribution < -0.4 is 5.32 Å². The van der Waals surface area contributed by atoms with Crippen molar-refractivity contribution in [2.45, 2.75) is 39.0 Å². The highest BCUT2D eigenvalue weighted by Gasteiger charge is 2.01. The van der Waals surface area contributed by atoms with Crippen LogP contribution in [0.4, 0.5) is 0 Å². The second kappa shape index (κ2) is 6.31. The van der Waals surface area contributed by atoms with Gasteiger partial charge in [-0.2, -0.15) is 0 Å². The van der Waals surface area contributed by atoms with E-state index in [2.05, 4.69) is 43.4 Å². The lowest BCUT2D eigenvalue weighted by molar-refractivity contribution is -0.120. The minimum absolute atomic E-state index is 0.124. The number of benzene rings is 1. The van der Waals surface area contributed by atoms with Crippen LogP contribution in [0.3, 0.4) is 0 Å². The number of rotatable bonds is 5. The third-order valence-electron chi connectivity index (χ3n) is 2.79. The number of aryl methyl sites for hydroxylation is 1. The number of nitrogens with one attached hydrogen (secondary N) is 1. The van der Waals surface area contributed by atoms with Gasteiger partial charge in [0.25, 0.3) is 0 Å². The van der Waals surface area contributed by atoms with E-state index < -0.39 is 0 Å². The lowest BCUT2D eigenvalue weighted by Crippen LogP contribution is -2.17. The van der Waals surface area contributed by atoms with Crippen molar-refractivity contribution >= 4 is 5.91 Å². The second-order valence-corrected chi connectivity index (χ2v) is 4.42. The molecule has 0 saturated carbocycles. The number of carbonyl (C=O) groups excluding carboxylic acids is 1. The molecular weight excluding hydrogens is 198 g/mol. The topological polar surface area (TPSA) is 29.1 Å². The Morgan fingerprint density at radius 3 is 2.38 bits per heavy atom. The fraction of sp³-hybridized carbons (Fsp3) is 0.500. The summed E-state index contributed by atoms with van der Waals surface area (Å²) in [4.78, 5) is 11.0. The van der Waals surface area contributed by atoms with Gasteiger partial charge in [0.15, 0.2) is 0 Å². The molecule has 0 heterocycles. The molecule has 0 aliphatic carbocycles. The highest BCUT2D eigenvalue weighted by Crippen LogP contribution is 2.15. The average molecular weight is 219 g/mol. The van der Waals surface area contributed by atoms with Gasteiger partial charge < -0.3 is 5.32 Å². The lowest BCUT2D eigenvalue weighted by atomic mass is 10.00. The van der Waals surface area contributed by atoms with Crippen molar-refractivity contribution in [1.82, 2.24) is 5.32 Å². The molecule has 0 radical (unpaired) electrons. The van der Waals surface area contributed by atoms with Crippen LogP contribution in [0.25, 0.3) is 0 Å². The Labute approximate surface area is 98.1 Å². The quantitative estimate of drug-likeness (QED) is 0.810. The first-order chi connectivity index (χ1) is 7.63. The van der Waals surface area contributed by atoms with Crippen molar-refractivity contribution in [2.24, 2.45) is 0 Å². The first-order valence-electron chi connectivity index (χ1n) is 5.93. The smallest absolute Gasteiger partial charge is 0.219 e. The Balaban J connectivity index is 2.40. The van der Waals surface area contributed by atoms with Crippen LogP contribution in [0.2, 0.25) is 0 Å². The second-order valence-electron chi connectivity index (χ2n) is 4.42. The van der Waals surface area contributed by atoms with Crippen molar-refractivity contribution in [3.05, 3.63) is 35.4 Å². The summed E-state index contributed by atoms with van der Waals surface area (Å²) in [6, 6.07) is 8.69. The number of carbonyl (C=O) groups is 1. The summed E-state index contributed by atoms with van der Waals surface area (Å²) in [7, 11) is 1.68. The minimum Gasteiger partial charge on any atom is -0.359 e. The number of hydrogen-bond donors (Lipinski definition) is 1. The molecule has 0 bridgehead atoms. The summed E-state index contributed by atoms with van der Waals surface area (Å²) in [5, 5.41) is 2.64. The third-order valence-corrected chi connectivity index (χ3v) is 2.79. The predicted molar refractivity (Wildman–Crippen MR) is 67.5 cm³/mol. The van der Waals surface area contributed by atoms with E-state index in [0.29, 0.717) is 12.3 Å². The van der Waals surface area contributed by atoms with Crippen molar-refractivity contribution in [3.63, 3.8) is 0 Å². The molecule has 0 unspecified atom stereocenters. The Hall–Kier alpha value is -1.31. The largest absolute Gasteiger partial charge is 0.359 e. The van der Waals surface area contributed by atoms with E-state index in [4.69, 9.17) is 0 Å². The molecule has 0 aliphatic rings. The molecule has 0 saturated heterocycles. The van der Waals surface area contributed by atoms with Gasteiger partial charge in [-0.25, -0.2) is 0 Å². The van der Waals surface area contributed by atoms with Crippen molar-refractivity contribution in [3.8, 4) is 0 Å². The van der Waals surface area contributed by atoms with Crippen molar-refractivity contribution < 1.29 is 4.79 Å². The molecule has 16 heavy (non-hydrogen) atoms. The van der Waals surface area contributed by atoms with Crippen LogP contribution in [0.5, 0.6) is 0 Å². The van der Waals surface area contributed by atoms with Crippen LogP contribution >= 0.6 is 0 Å². The summed E-state index contributed by atoms with van der Waals surface area (Å²) in [5.74, 6) is 0.707. The number of amides is 1. The normalized spacial score (nSPS) is 10.5. The maximum absolute atomic E-state index is 11.0. The van der Waals surface area contributed by atoms with E-state index in [0.717, 1.165) is 12.8 Å². The highest BCUT2D eigenvalue weighted by molar-refractivity contribution is 5.75. The summed E-state index contributed by atoms with van der Waals surface area (Å²) < 4.78 is 0. The van der Waals surface area contributed by atoms with Gasteiger partial charge in [0.05, 0.1) is 0 Å². The summed E-state index contributed by atoms with van der Waals surface area (Å²) in [6.45, 7) is 4.39. The Bertz CT molecular complexity index is 327. The molecule has 2 nitrogen and oxygen atoms in total. The van der Waals surface area contributed by atoms with E-state index in [-0.39, 0.29) is 5.91 Å². The molecule has 1 rings (SSSR count). The van der Waals surface area contributed by atoms with E-state index in [1.165, 1.54) is 11.1 Å². The maximum Gasteiger partial charge on any atom is 0.219 e. The zero-order valence-electron chi connectivity index (χ0n) is 10.4. The maximum atomic E-state index is 11.0. The van der Waals surface area contributed by atoms with Gasteiger partial charge in [-0.1, -0.05) is 38.1 Å². The third kappa shape index (κ3) is 4.05. The Morgan fingerprint density at radius 1 is 1.25 bits per heavy atom. The van der Waals surface area contributed by atoms with E-state index in [1.54, 1.807) is 7.05 Å². The fourth-order valence-electron chi connectivity index (χ4n) is 1.65. The molecular formula is C14H21NO. The summed E-state index contributed by atoms with van der Waals surface area (Å²) >= 11 is 0. The van der Waals surface area contributed by atoms with E-state index in [1.807, 2.05) is 0 Å². The predicted octanol–water partition coefficient (Wildman–Crippen LogP) is 2.88. The molecule has 1 aromatic carbocycles. The van der Waals surface area contributed by atoms with Gasteiger partial charge >= 0.3 is 0 Å². The molecule has 1 aromatic rings. The highest BCUT2D eigenvalue weighted by atomic mass is 16.1. The van der Waals surface area contributed by atoms with E-state index in [9.17, 15) is 4.79 Å². The molecule has 1 N–H and O–H groups in total. The van der Waals surface area contributed by atoms with Gasteiger partial charge in [-0.15, -0.1) is 0 Å². The molecule has 0 aromatic heterocycles. The molecule has 2 heteroatoms. The SMILES string of the molecule is CNC(=O)CCCc1ccc(C(C)C)cc1. The zero-order valence-corrected chi connectivity index (χ0v) is 10.4. The summed E-state index contributed by atoms with van der Waals surface area (Å²) in [5.41, 5.74) is 2.68. The number of hydrogen-bond acceptors (Lipinski definition) is 1. The zero-order chi connectivity index (χ0) is 12.0. The lowest BCUT2D eigenvalue weighted by Gasteiger charge is -2.06. The Morgan fingerprint density at radius 2 is 1.88 bits per heavy atom. The molecule has 88 valence electrons. The van der Waals surface area contributed by atoms with Crippen LogP contribution in [0, 0.1) is 0 Å². The van der Waals surface area contributed by atoms with Gasteiger partial charge in [-0.05, 0) is 29.9 Å². The van der Waals surface area contributed by atoms with Crippen LogP contribution in [-0.4, -0.2) is 13.0 Å². The Kier molecular flexibility index (Phi) is 5.03. The monoisotopic (exact) mass is 219 g/mol. The van der Waals surface area contributed by atoms with Gasteiger partial charge in [0.2, 0.25) is 5.91 Å². The van der Waals surface area contributed by atoms with Crippen LogP contribution in [-0.2, 0) is 11.2 Å². The van der Waals surface area contributed by atoms with Crippen molar-refractivity contribution in [2.75, 3.05) is 7.05 Å². The fourth-order valence-corrected chi connectivity index (χ4v) is 1.65. The molecule has 0 aliphatic heterocycles. The van der Waals surface area contributed by atoms with E-state index >= 15 is 0 Å². The molecule has 0 fully saturated rings. The van der Waals surface area contributed by atoms with Crippen LogP contribution in [0.1, 0.15) is 43.7 Å². The van der Waals surface area contributed by atoms with Gasteiger partial charge in [0.1, 0.15) is 0 Å². The first-order valence-corrected chi connectivity index (χ1v) is 5.93. The average Bonchev–Trinajstić information content (AvgIpc) is 2.29. The molecule has 1 amide bonds. The van der Waals surface area contributed by atoms with Crippen molar-refractivity contribution in [1.29, 1.82) is 0 Å². The molecule has 0 atom stereocenters. The molecule has 0 spiro atoms. The standard InChI is InChI=1S/C14H21NO/c1-11(2)13-9-7-12(8-10-13)5-4-6-14(16)15-3/h7-11H,4-6H2,1-3H3,(H,15,16). The van der Waals surface area contributed by atoms with Crippen LogP contribution in [0.15, 0.2) is 24.3 Å². The summed E-state index contributed by atoms with van der Waals surface area (Å²) in [6.07, 6.45) is 2.51. The van der Waals surface area contributed by atoms with Gasteiger partial charge in [-0.3, -0.25) is 4.79 Å². The van der Waals surface area contributed by atoms with Gasteiger partial charge in [0, 0.05) is 13.5 Å².